The van der Waals surface area contributed by atoms with Gasteiger partial charge in [0.1, 0.15) is 11.5 Å². The van der Waals surface area contributed by atoms with Crippen molar-refractivity contribution >= 4 is 39.9 Å². The highest BCUT2D eigenvalue weighted by atomic mass is 32.1. The fraction of sp³-hybridized carbons (Fsp3) is 0.217. The van der Waals surface area contributed by atoms with Gasteiger partial charge in [-0.25, -0.2) is 9.78 Å². The van der Waals surface area contributed by atoms with Crippen molar-refractivity contribution < 1.29 is 23.8 Å². The van der Waals surface area contributed by atoms with Gasteiger partial charge in [0.2, 0.25) is 0 Å². The first-order valence-corrected chi connectivity index (χ1v) is 10.9. The molecule has 0 aliphatic heterocycles. The Bertz CT molecular complexity index is 1310. The van der Waals surface area contributed by atoms with Crippen LogP contribution in [0, 0.1) is 6.92 Å². The Balaban J connectivity index is 1.55. The number of nitrogens with zero attached hydrogens (tertiary/aromatic N) is 3. The van der Waals surface area contributed by atoms with Crippen molar-refractivity contribution in [2.75, 3.05) is 26.1 Å². The van der Waals surface area contributed by atoms with Gasteiger partial charge in [0.25, 0.3) is 5.91 Å². The molecule has 4 rings (SSSR count). The van der Waals surface area contributed by atoms with Gasteiger partial charge in [-0.2, -0.15) is 5.10 Å². The predicted octanol–water partition coefficient (Wildman–Crippen LogP) is 3.82. The highest BCUT2D eigenvalue weighted by molar-refractivity contribution is 7.13. The topological polar surface area (TPSA) is 105 Å². The Morgan fingerprint density at radius 1 is 1.12 bits per heavy atom. The lowest BCUT2D eigenvalue weighted by Gasteiger charge is -2.11. The summed E-state index contributed by atoms with van der Waals surface area (Å²) in [5.41, 5.74) is 2.63. The lowest BCUT2D eigenvalue weighted by atomic mass is 10.1. The van der Waals surface area contributed by atoms with E-state index >= 15 is 0 Å². The molecule has 3 aromatic heterocycles. The highest BCUT2D eigenvalue weighted by Gasteiger charge is 2.21. The summed E-state index contributed by atoms with van der Waals surface area (Å²) in [5.74, 6) is -0.0806. The first kappa shape index (κ1) is 22.3. The molecule has 4 aromatic rings. The molecule has 1 N–H and O–H groups in total. The molecule has 0 aliphatic carbocycles. The molecular formula is C23H22N4O5S. The number of carbonyl (C=O) groups excluding carboxylic acids is 2. The summed E-state index contributed by atoms with van der Waals surface area (Å²) in [6, 6.07) is 10.5. The highest BCUT2D eigenvalue weighted by Crippen LogP contribution is 2.30. The molecule has 9 nitrogen and oxygen atoms in total. The minimum absolute atomic E-state index is 0.310. The summed E-state index contributed by atoms with van der Waals surface area (Å²) in [6.45, 7) is 1.34. The van der Waals surface area contributed by atoms with Crippen LogP contribution in [0.1, 0.15) is 16.1 Å². The van der Waals surface area contributed by atoms with Crippen molar-refractivity contribution in [2.24, 2.45) is 7.05 Å². The van der Waals surface area contributed by atoms with E-state index in [0.717, 1.165) is 4.88 Å². The van der Waals surface area contributed by atoms with Crippen LogP contribution in [0.5, 0.6) is 11.5 Å². The lowest BCUT2D eigenvalue weighted by Crippen LogP contribution is -2.21. The van der Waals surface area contributed by atoms with Crippen LogP contribution in [0.4, 0.5) is 5.69 Å². The van der Waals surface area contributed by atoms with E-state index in [1.54, 1.807) is 42.9 Å². The Kier molecular flexibility index (Phi) is 6.27. The summed E-state index contributed by atoms with van der Waals surface area (Å²) in [6.07, 6.45) is 0. The fourth-order valence-corrected chi connectivity index (χ4v) is 4.13. The molecule has 33 heavy (non-hydrogen) atoms. The zero-order valence-corrected chi connectivity index (χ0v) is 19.4. The Labute approximate surface area is 193 Å². The molecule has 0 aliphatic rings. The van der Waals surface area contributed by atoms with Crippen molar-refractivity contribution in [3.8, 4) is 22.1 Å². The van der Waals surface area contributed by atoms with Crippen LogP contribution < -0.4 is 14.8 Å². The second-order valence-corrected chi connectivity index (χ2v) is 8.11. The van der Waals surface area contributed by atoms with Gasteiger partial charge in [0, 0.05) is 30.9 Å². The number of anilines is 1. The largest absolute Gasteiger partial charge is 0.497 e. The van der Waals surface area contributed by atoms with Crippen molar-refractivity contribution in [3.63, 3.8) is 0 Å². The molecule has 10 heteroatoms. The average Bonchev–Trinajstić information content (AvgIpc) is 3.45. The van der Waals surface area contributed by atoms with Crippen molar-refractivity contribution in [3.05, 3.63) is 53.0 Å². The van der Waals surface area contributed by atoms with Gasteiger partial charge in [-0.15, -0.1) is 11.3 Å². The number of hydrogen-bond acceptors (Lipinski definition) is 8. The number of pyridine rings is 1. The Morgan fingerprint density at radius 2 is 1.85 bits per heavy atom. The van der Waals surface area contributed by atoms with E-state index in [1.807, 2.05) is 17.5 Å². The predicted molar refractivity (Wildman–Crippen MR) is 125 cm³/mol. The normalized spacial score (nSPS) is 10.8. The monoisotopic (exact) mass is 466 g/mol. The van der Waals surface area contributed by atoms with Crippen LogP contribution in [0.3, 0.4) is 0 Å². The molecule has 1 aromatic carbocycles. The summed E-state index contributed by atoms with van der Waals surface area (Å²) in [7, 11) is 4.80. The van der Waals surface area contributed by atoms with E-state index in [2.05, 4.69) is 15.4 Å². The number of amides is 1. The SMILES string of the molecule is COc1cc(NC(=O)COC(=O)c2cc(-c3cccs3)nc3c2c(C)nn3C)cc(OC)c1. The molecule has 0 atom stereocenters. The van der Waals surface area contributed by atoms with Crippen molar-refractivity contribution in [2.45, 2.75) is 6.92 Å². The van der Waals surface area contributed by atoms with Gasteiger partial charge in [-0.3, -0.25) is 9.48 Å². The average molecular weight is 467 g/mol. The number of fused-ring (bicyclic) bond motifs is 1. The molecule has 0 radical (unpaired) electrons. The third-order valence-corrected chi connectivity index (χ3v) is 5.82. The summed E-state index contributed by atoms with van der Waals surface area (Å²) < 4.78 is 17.4. The van der Waals surface area contributed by atoms with Crippen LogP contribution in [0.25, 0.3) is 21.6 Å². The van der Waals surface area contributed by atoms with Gasteiger partial charge in [0.05, 0.1) is 41.4 Å². The molecule has 1 amide bonds. The molecule has 0 spiro atoms. The van der Waals surface area contributed by atoms with Gasteiger partial charge in [-0.05, 0) is 24.4 Å². The maximum atomic E-state index is 13.0. The Hall–Kier alpha value is -3.92. The number of esters is 1. The smallest absolute Gasteiger partial charge is 0.339 e. The summed E-state index contributed by atoms with van der Waals surface area (Å²) >= 11 is 1.51. The number of hydrogen-bond donors (Lipinski definition) is 1. The van der Waals surface area contributed by atoms with E-state index in [4.69, 9.17) is 14.2 Å². The molecule has 0 saturated carbocycles. The number of aryl methyl sites for hydroxylation is 2. The zero-order chi connectivity index (χ0) is 23.5. The van der Waals surface area contributed by atoms with Crippen LogP contribution in [-0.4, -0.2) is 47.5 Å². The minimum Gasteiger partial charge on any atom is -0.497 e. The number of carbonyl (C=O) groups is 2. The zero-order valence-electron chi connectivity index (χ0n) is 18.5. The quantitative estimate of drug-likeness (QED) is 0.413. The first-order valence-electron chi connectivity index (χ1n) is 9.98. The van der Waals surface area contributed by atoms with E-state index in [-0.39, 0.29) is 0 Å². The number of rotatable bonds is 7. The third kappa shape index (κ3) is 4.65. The molecule has 3 heterocycles. The van der Waals surface area contributed by atoms with Gasteiger partial charge < -0.3 is 19.5 Å². The molecule has 0 bridgehead atoms. The summed E-state index contributed by atoms with van der Waals surface area (Å²) in [4.78, 5) is 31.0. The number of aromatic nitrogens is 3. The molecule has 0 unspecified atom stereocenters. The number of benzene rings is 1. The van der Waals surface area contributed by atoms with Crippen LogP contribution >= 0.6 is 11.3 Å². The molecule has 0 saturated heterocycles. The van der Waals surface area contributed by atoms with Crippen LogP contribution in [0.2, 0.25) is 0 Å². The number of ether oxygens (including phenoxy) is 3. The number of methoxy groups -OCH3 is 2. The molecule has 0 fully saturated rings. The third-order valence-electron chi connectivity index (χ3n) is 4.93. The van der Waals surface area contributed by atoms with E-state index < -0.39 is 18.5 Å². The molecule has 170 valence electrons. The minimum atomic E-state index is -0.630. The lowest BCUT2D eigenvalue weighted by molar-refractivity contribution is -0.119. The second kappa shape index (κ2) is 9.29. The standard InChI is InChI=1S/C23H22N4O5S/c1-13-21-17(11-18(19-6-5-7-33-19)25-22(21)27(2)26-13)23(29)32-12-20(28)24-14-8-15(30-3)10-16(9-14)31-4/h5-11H,12H2,1-4H3,(H,24,28). The van der Waals surface area contributed by atoms with E-state index in [1.165, 1.54) is 25.6 Å². The number of nitrogens with one attached hydrogen (secondary N) is 1. The van der Waals surface area contributed by atoms with Crippen molar-refractivity contribution in [1.29, 1.82) is 0 Å². The fourth-order valence-electron chi connectivity index (χ4n) is 3.44. The molecular weight excluding hydrogens is 444 g/mol. The Morgan fingerprint density at radius 3 is 2.48 bits per heavy atom. The first-order chi connectivity index (χ1) is 15.9. The maximum absolute atomic E-state index is 13.0. The van der Waals surface area contributed by atoms with Gasteiger partial charge in [-0.1, -0.05) is 6.07 Å². The number of thiophene rings is 1. The summed E-state index contributed by atoms with van der Waals surface area (Å²) in [5, 5.41) is 9.60. The van der Waals surface area contributed by atoms with Crippen LogP contribution in [-0.2, 0) is 16.6 Å². The van der Waals surface area contributed by atoms with E-state index in [9.17, 15) is 9.59 Å². The van der Waals surface area contributed by atoms with Gasteiger partial charge >= 0.3 is 5.97 Å². The van der Waals surface area contributed by atoms with Crippen molar-refractivity contribution in [1.82, 2.24) is 14.8 Å². The van der Waals surface area contributed by atoms with Gasteiger partial charge in [0.15, 0.2) is 12.3 Å². The second-order valence-electron chi connectivity index (χ2n) is 7.17. The maximum Gasteiger partial charge on any atom is 0.339 e. The van der Waals surface area contributed by atoms with E-state index in [0.29, 0.717) is 45.2 Å². The van der Waals surface area contributed by atoms with Crippen LogP contribution in [0.15, 0.2) is 41.8 Å².